The number of hydrogen-bond donors (Lipinski definition) is 0. The molecular formula is C20H20N4. The van der Waals surface area contributed by atoms with Crippen molar-refractivity contribution in [2.75, 3.05) is 13.6 Å². The number of nitrogens with zero attached hydrogens (tertiary/aromatic N) is 4. The lowest BCUT2D eigenvalue weighted by atomic mass is 9.96. The molecular weight excluding hydrogens is 296 g/mol. The first-order valence-electron chi connectivity index (χ1n) is 7.84. The minimum absolute atomic E-state index is 0.596. The van der Waals surface area contributed by atoms with Crippen LogP contribution in [0, 0.1) is 29.6 Å². The van der Waals surface area contributed by atoms with Crippen molar-refractivity contribution in [1.82, 2.24) is 4.90 Å². The smallest absolute Gasteiger partial charge is 0.0992 e. The first-order chi connectivity index (χ1) is 11.6. The highest BCUT2D eigenvalue weighted by atomic mass is 15.1. The van der Waals surface area contributed by atoms with Gasteiger partial charge in [-0.2, -0.15) is 10.5 Å². The third kappa shape index (κ3) is 4.21. The number of rotatable bonds is 5. The molecule has 0 atom stereocenters. The van der Waals surface area contributed by atoms with Gasteiger partial charge in [-0.3, -0.25) is 0 Å². The molecule has 0 aliphatic heterocycles. The lowest BCUT2D eigenvalue weighted by Gasteiger charge is -2.12. The molecule has 0 heterocycles. The summed E-state index contributed by atoms with van der Waals surface area (Å²) >= 11 is 0. The van der Waals surface area contributed by atoms with Gasteiger partial charge in [0.2, 0.25) is 0 Å². The Balaban J connectivity index is 2.40. The van der Waals surface area contributed by atoms with Crippen LogP contribution >= 0.6 is 0 Å². The van der Waals surface area contributed by atoms with Crippen LogP contribution in [-0.4, -0.2) is 24.8 Å². The van der Waals surface area contributed by atoms with Crippen molar-refractivity contribution in [2.24, 2.45) is 4.99 Å². The summed E-state index contributed by atoms with van der Waals surface area (Å²) in [5.74, 6) is 0. The van der Waals surface area contributed by atoms with Gasteiger partial charge in [0.25, 0.3) is 0 Å². The lowest BCUT2D eigenvalue weighted by Crippen LogP contribution is -2.14. The summed E-state index contributed by atoms with van der Waals surface area (Å²) in [5.41, 5.74) is 5.20. The Morgan fingerprint density at radius 3 is 2.54 bits per heavy atom. The van der Waals surface area contributed by atoms with E-state index in [0.29, 0.717) is 17.5 Å². The summed E-state index contributed by atoms with van der Waals surface area (Å²) in [4.78, 5) is 6.50. The average molecular weight is 316 g/mol. The van der Waals surface area contributed by atoms with E-state index in [2.05, 4.69) is 24.1 Å². The lowest BCUT2D eigenvalue weighted by molar-refractivity contribution is 0.552. The average Bonchev–Trinajstić information content (AvgIpc) is 2.62. The number of aliphatic imine (C=N–C) groups is 1. The second-order valence-corrected chi connectivity index (χ2v) is 5.70. The molecule has 0 aliphatic rings. The van der Waals surface area contributed by atoms with E-state index >= 15 is 0 Å². The monoisotopic (exact) mass is 316 g/mol. The molecule has 0 aromatic heterocycles. The highest BCUT2D eigenvalue weighted by Gasteiger charge is 2.08. The van der Waals surface area contributed by atoms with Crippen molar-refractivity contribution in [3.05, 3.63) is 64.2 Å². The van der Waals surface area contributed by atoms with Gasteiger partial charge in [0.05, 0.1) is 35.3 Å². The quantitative estimate of drug-likeness (QED) is 0.620. The summed E-state index contributed by atoms with van der Waals surface area (Å²) in [6.45, 7) is 4.94. The van der Waals surface area contributed by atoms with Crippen LogP contribution < -0.4 is 0 Å². The van der Waals surface area contributed by atoms with Crippen molar-refractivity contribution in [3.63, 3.8) is 0 Å². The maximum Gasteiger partial charge on any atom is 0.0992 e. The summed E-state index contributed by atoms with van der Waals surface area (Å²) in [5, 5.41) is 18.3. The second-order valence-electron chi connectivity index (χ2n) is 5.70. The highest BCUT2D eigenvalue weighted by Crippen LogP contribution is 2.26. The van der Waals surface area contributed by atoms with Crippen LogP contribution in [-0.2, 0) is 6.42 Å². The molecule has 0 aliphatic carbocycles. The van der Waals surface area contributed by atoms with E-state index in [9.17, 15) is 5.26 Å². The van der Waals surface area contributed by atoms with E-state index in [1.807, 2.05) is 49.2 Å². The molecule has 4 nitrogen and oxygen atoms in total. The molecule has 4 heteroatoms. The number of nitriles is 2. The van der Waals surface area contributed by atoms with Gasteiger partial charge < -0.3 is 4.90 Å². The van der Waals surface area contributed by atoms with E-state index in [0.717, 1.165) is 28.9 Å². The highest BCUT2D eigenvalue weighted by molar-refractivity contribution is 5.65. The molecule has 0 saturated heterocycles. The Hall–Kier alpha value is -3.11. The molecule has 0 amide bonds. The van der Waals surface area contributed by atoms with Gasteiger partial charge in [-0.05, 0) is 61.2 Å². The zero-order valence-corrected chi connectivity index (χ0v) is 14.2. The Labute approximate surface area is 143 Å². The fourth-order valence-electron chi connectivity index (χ4n) is 2.35. The minimum atomic E-state index is 0.596. The fourth-order valence-corrected chi connectivity index (χ4v) is 2.35. The molecule has 0 unspecified atom stereocenters. The zero-order valence-electron chi connectivity index (χ0n) is 14.2. The van der Waals surface area contributed by atoms with Gasteiger partial charge in [0.1, 0.15) is 0 Å². The zero-order chi connectivity index (χ0) is 17.5. The summed E-state index contributed by atoms with van der Waals surface area (Å²) in [7, 11) is 1.96. The standard InChI is InChI=1S/C20H20N4/c1-4-24(3)14-23-20-11-18(13-22)10-19(15(20)2)9-16-6-5-7-17(8-16)12-21/h5-8,10-11,14H,4,9H2,1-3H3. The molecule has 0 spiro atoms. The van der Waals surface area contributed by atoms with Crippen molar-refractivity contribution >= 4 is 12.0 Å². The van der Waals surface area contributed by atoms with E-state index in [4.69, 9.17) is 5.26 Å². The van der Waals surface area contributed by atoms with Crippen LogP contribution in [0.3, 0.4) is 0 Å². The van der Waals surface area contributed by atoms with Gasteiger partial charge in [-0.25, -0.2) is 4.99 Å². The largest absolute Gasteiger partial charge is 0.366 e. The summed E-state index contributed by atoms with van der Waals surface area (Å²) in [6.07, 6.45) is 2.45. The first-order valence-corrected chi connectivity index (χ1v) is 7.84. The predicted molar refractivity (Wildman–Crippen MR) is 96.3 cm³/mol. The molecule has 0 N–H and O–H groups in total. The molecule has 0 fully saturated rings. The van der Waals surface area contributed by atoms with Crippen LogP contribution in [0.2, 0.25) is 0 Å². The van der Waals surface area contributed by atoms with Crippen molar-refractivity contribution < 1.29 is 0 Å². The Kier molecular flexibility index (Phi) is 5.71. The summed E-state index contributed by atoms with van der Waals surface area (Å²) in [6, 6.07) is 15.6. The van der Waals surface area contributed by atoms with Gasteiger partial charge in [-0.1, -0.05) is 12.1 Å². The Morgan fingerprint density at radius 1 is 1.12 bits per heavy atom. The van der Waals surface area contributed by atoms with Crippen LogP contribution in [0.25, 0.3) is 0 Å². The van der Waals surface area contributed by atoms with Crippen molar-refractivity contribution in [3.8, 4) is 12.1 Å². The van der Waals surface area contributed by atoms with Crippen molar-refractivity contribution in [1.29, 1.82) is 10.5 Å². The molecule has 120 valence electrons. The second kappa shape index (κ2) is 7.94. The first kappa shape index (κ1) is 17.2. The topological polar surface area (TPSA) is 63.2 Å². The maximum absolute atomic E-state index is 9.29. The van der Waals surface area contributed by atoms with Crippen LogP contribution in [0.15, 0.2) is 41.4 Å². The van der Waals surface area contributed by atoms with Crippen LogP contribution in [0.4, 0.5) is 5.69 Å². The van der Waals surface area contributed by atoms with Gasteiger partial charge >= 0.3 is 0 Å². The van der Waals surface area contributed by atoms with E-state index in [1.165, 1.54) is 0 Å². The van der Waals surface area contributed by atoms with Gasteiger partial charge in [-0.15, -0.1) is 0 Å². The van der Waals surface area contributed by atoms with E-state index in [1.54, 1.807) is 12.4 Å². The van der Waals surface area contributed by atoms with Crippen molar-refractivity contribution in [2.45, 2.75) is 20.3 Å². The predicted octanol–water partition coefficient (Wildman–Crippen LogP) is 3.94. The molecule has 24 heavy (non-hydrogen) atoms. The van der Waals surface area contributed by atoms with E-state index in [-0.39, 0.29) is 0 Å². The minimum Gasteiger partial charge on any atom is -0.366 e. The van der Waals surface area contributed by atoms with Gasteiger partial charge in [0.15, 0.2) is 0 Å². The van der Waals surface area contributed by atoms with E-state index < -0.39 is 0 Å². The molecule has 0 bridgehead atoms. The molecule has 0 radical (unpaired) electrons. The van der Waals surface area contributed by atoms with Crippen LogP contribution in [0.1, 0.15) is 34.7 Å². The normalized spacial score (nSPS) is 10.4. The Morgan fingerprint density at radius 2 is 1.88 bits per heavy atom. The number of hydrogen-bond acceptors (Lipinski definition) is 3. The maximum atomic E-state index is 9.29. The third-order valence-corrected chi connectivity index (χ3v) is 3.96. The molecule has 0 saturated carbocycles. The van der Waals surface area contributed by atoms with Crippen LogP contribution in [0.5, 0.6) is 0 Å². The fraction of sp³-hybridized carbons (Fsp3) is 0.250. The van der Waals surface area contributed by atoms with Gasteiger partial charge in [0, 0.05) is 13.6 Å². The molecule has 2 aromatic carbocycles. The molecule has 2 aromatic rings. The third-order valence-electron chi connectivity index (χ3n) is 3.96. The SMILES string of the molecule is CCN(C)C=Nc1cc(C#N)cc(Cc2cccc(C#N)c2)c1C. The number of benzene rings is 2. The summed E-state index contributed by atoms with van der Waals surface area (Å²) < 4.78 is 0. The molecule has 2 rings (SSSR count). The Bertz CT molecular complexity index is 838.